The fourth-order valence-corrected chi connectivity index (χ4v) is 2.62. The van der Waals surface area contributed by atoms with Gasteiger partial charge in [0, 0.05) is 6.07 Å². The Morgan fingerprint density at radius 3 is 2.17 bits per heavy atom. The van der Waals surface area contributed by atoms with Crippen LogP contribution in [0.2, 0.25) is 0 Å². The molecule has 24 heavy (non-hydrogen) atoms. The summed E-state index contributed by atoms with van der Waals surface area (Å²) in [5, 5.41) is 0. The van der Waals surface area contributed by atoms with Crippen LogP contribution in [0.25, 0.3) is 0 Å². The first-order chi connectivity index (χ1) is 11.7. The number of aromatic nitrogens is 1. The van der Waals surface area contributed by atoms with Gasteiger partial charge in [-0.15, -0.1) is 0 Å². The second-order valence-electron chi connectivity index (χ2n) is 6.12. The summed E-state index contributed by atoms with van der Waals surface area (Å²) in [6.45, 7) is 4.69. The second-order valence-corrected chi connectivity index (χ2v) is 6.12. The topological polar surface area (TPSA) is 40.5 Å². The minimum atomic E-state index is -0.672. The highest BCUT2D eigenvalue weighted by Gasteiger charge is 2.15. The van der Waals surface area contributed by atoms with Gasteiger partial charge in [-0.2, -0.15) is 4.79 Å². The number of halogens is 1. The van der Waals surface area contributed by atoms with Crippen LogP contribution in [0.1, 0.15) is 88.5 Å². The van der Waals surface area contributed by atoms with Crippen molar-refractivity contribution in [1.29, 1.82) is 0 Å². The van der Waals surface area contributed by atoms with E-state index in [4.69, 9.17) is 9.47 Å². The normalized spacial score (nSPS) is 10.8. The molecule has 1 heterocycles. The zero-order valence-electron chi connectivity index (χ0n) is 15.2. The fraction of sp³-hybridized carbons (Fsp3) is 0.737. The molecule has 0 aliphatic rings. The Hall–Kier alpha value is -1.52. The van der Waals surface area contributed by atoms with Gasteiger partial charge in [0.05, 0.1) is 19.4 Å². The first kappa shape index (κ1) is 20.5. The summed E-state index contributed by atoms with van der Waals surface area (Å²) in [6, 6.07) is 1.38. The Kier molecular flexibility index (Phi) is 11.0. The summed E-state index contributed by atoms with van der Waals surface area (Å²) in [4.78, 5) is 11.8. The summed E-state index contributed by atoms with van der Waals surface area (Å²) in [7, 11) is 0. The van der Waals surface area contributed by atoms with E-state index in [9.17, 15) is 9.28 Å². The predicted molar refractivity (Wildman–Crippen MR) is 94.2 cm³/mol. The maximum Gasteiger partial charge on any atom is 0.357 e. The van der Waals surface area contributed by atoms with Gasteiger partial charge < -0.3 is 9.47 Å². The molecule has 0 aliphatic heterocycles. The van der Waals surface area contributed by atoms with E-state index >= 15 is 0 Å². The van der Waals surface area contributed by atoms with Gasteiger partial charge in [-0.25, -0.2) is 4.79 Å². The number of hydrogen-bond acceptors (Lipinski definition) is 3. The third-order valence-corrected chi connectivity index (χ3v) is 4.00. The van der Waals surface area contributed by atoms with Gasteiger partial charge >= 0.3 is 5.97 Å². The Labute approximate surface area is 145 Å². The standard InChI is InChI=1S/C19H32FNO3/c1-3-5-6-7-8-9-10-11-12-13-14-24-17-15-18(21(20)16-17)19(22)23-4-2/h15-16H,3-14H2,1-2H3. The zero-order chi connectivity index (χ0) is 17.6. The highest BCUT2D eigenvalue weighted by molar-refractivity contribution is 5.88. The molecule has 1 aromatic heterocycles. The lowest BCUT2D eigenvalue weighted by atomic mass is 10.1. The summed E-state index contributed by atoms with van der Waals surface area (Å²) >= 11 is 0. The second kappa shape index (κ2) is 12.8. The molecule has 4 nitrogen and oxygen atoms in total. The van der Waals surface area contributed by atoms with Crippen molar-refractivity contribution in [3.63, 3.8) is 0 Å². The summed E-state index contributed by atoms with van der Waals surface area (Å²) in [6.07, 6.45) is 13.8. The largest absolute Gasteiger partial charge is 0.492 e. The molecule has 0 radical (unpaired) electrons. The summed E-state index contributed by atoms with van der Waals surface area (Å²) in [5.74, 6) is -0.301. The smallest absolute Gasteiger partial charge is 0.357 e. The van der Waals surface area contributed by atoms with Crippen LogP contribution in [0.15, 0.2) is 12.3 Å². The number of hydrogen-bond donors (Lipinski definition) is 0. The first-order valence-electron chi connectivity index (χ1n) is 9.37. The highest BCUT2D eigenvalue weighted by Crippen LogP contribution is 2.18. The molecule has 1 rings (SSSR count). The molecule has 0 N–H and O–H groups in total. The first-order valence-corrected chi connectivity index (χ1v) is 9.37. The van der Waals surface area contributed by atoms with E-state index in [1.165, 1.54) is 63.6 Å². The average Bonchev–Trinajstić information content (AvgIpc) is 2.94. The van der Waals surface area contributed by atoms with Crippen molar-refractivity contribution in [3.05, 3.63) is 18.0 Å². The average molecular weight is 341 g/mol. The van der Waals surface area contributed by atoms with Crippen molar-refractivity contribution < 1.29 is 18.7 Å². The number of carbonyl (C=O) groups excluding carboxylic acids is 1. The van der Waals surface area contributed by atoms with E-state index in [0.717, 1.165) is 12.8 Å². The number of ether oxygens (including phenoxy) is 2. The Bertz CT molecular complexity index is 459. The van der Waals surface area contributed by atoms with Gasteiger partial charge in [0.25, 0.3) is 0 Å². The minimum Gasteiger partial charge on any atom is -0.492 e. The minimum absolute atomic E-state index is 0.130. The molecule has 0 saturated carbocycles. The van der Waals surface area contributed by atoms with Gasteiger partial charge in [-0.05, 0) is 13.3 Å². The highest BCUT2D eigenvalue weighted by atomic mass is 19.2. The Morgan fingerprint density at radius 1 is 1.00 bits per heavy atom. The van der Waals surface area contributed by atoms with Crippen LogP contribution in [-0.4, -0.2) is 24.0 Å². The number of esters is 1. The lowest BCUT2D eigenvalue weighted by Crippen LogP contribution is -2.07. The van der Waals surface area contributed by atoms with Crippen LogP contribution in [0, 0.1) is 0 Å². The number of nitrogens with zero attached hydrogens (tertiary/aromatic N) is 1. The third kappa shape index (κ3) is 8.37. The van der Waals surface area contributed by atoms with Crippen LogP contribution in [-0.2, 0) is 4.74 Å². The SMILES string of the molecule is CCCCCCCCCCCCOc1cc(C(=O)OCC)n(F)c1. The maximum absolute atomic E-state index is 13.5. The van der Waals surface area contributed by atoms with Crippen LogP contribution in [0.5, 0.6) is 5.75 Å². The lowest BCUT2D eigenvalue weighted by molar-refractivity contribution is 0.0502. The Balaban J connectivity index is 2.05. The van der Waals surface area contributed by atoms with E-state index in [-0.39, 0.29) is 17.1 Å². The Morgan fingerprint density at radius 2 is 1.58 bits per heavy atom. The van der Waals surface area contributed by atoms with Crippen LogP contribution >= 0.6 is 0 Å². The van der Waals surface area contributed by atoms with Crippen molar-refractivity contribution in [1.82, 2.24) is 4.79 Å². The quantitative estimate of drug-likeness (QED) is 0.322. The van der Waals surface area contributed by atoms with Gasteiger partial charge in [0.15, 0.2) is 5.69 Å². The van der Waals surface area contributed by atoms with E-state index in [0.29, 0.717) is 12.4 Å². The predicted octanol–water partition coefficient (Wildman–Crippen LogP) is 5.70. The number of rotatable bonds is 14. The van der Waals surface area contributed by atoms with Gasteiger partial charge in [0.1, 0.15) is 5.75 Å². The molecule has 0 fully saturated rings. The summed E-state index contributed by atoms with van der Waals surface area (Å²) in [5.41, 5.74) is -0.130. The molecular weight excluding hydrogens is 309 g/mol. The van der Waals surface area contributed by atoms with E-state index < -0.39 is 5.97 Å². The van der Waals surface area contributed by atoms with Crippen LogP contribution in [0.4, 0.5) is 4.48 Å². The van der Waals surface area contributed by atoms with Crippen molar-refractivity contribution >= 4 is 5.97 Å². The molecule has 1 aromatic rings. The molecule has 0 aliphatic carbocycles. The van der Waals surface area contributed by atoms with Crippen molar-refractivity contribution in [2.45, 2.75) is 78.1 Å². The van der Waals surface area contributed by atoms with Crippen LogP contribution in [0.3, 0.4) is 0 Å². The molecule has 5 heteroatoms. The summed E-state index contributed by atoms with van der Waals surface area (Å²) < 4.78 is 23.8. The van der Waals surface area contributed by atoms with E-state index in [1.807, 2.05) is 0 Å². The molecule has 0 atom stereocenters. The van der Waals surface area contributed by atoms with Crippen LogP contribution < -0.4 is 4.74 Å². The molecule has 0 bridgehead atoms. The van der Waals surface area contributed by atoms with Crippen molar-refractivity contribution in [2.24, 2.45) is 0 Å². The molecular formula is C19H32FNO3. The van der Waals surface area contributed by atoms with E-state index in [1.54, 1.807) is 6.92 Å². The molecule has 0 spiro atoms. The molecule has 0 saturated heterocycles. The number of carbonyl (C=O) groups is 1. The maximum atomic E-state index is 13.5. The molecule has 0 unspecified atom stereocenters. The van der Waals surface area contributed by atoms with Crippen molar-refractivity contribution in [3.8, 4) is 5.75 Å². The van der Waals surface area contributed by atoms with Crippen molar-refractivity contribution in [2.75, 3.05) is 13.2 Å². The fourth-order valence-electron chi connectivity index (χ4n) is 2.62. The van der Waals surface area contributed by atoms with Gasteiger partial charge in [-0.3, -0.25) is 0 Å². The third-order valence-electron chi connectivity index (χ3n) is 4.00. The zero-order valence-corrected chi connectivity index (χ0v) is 15.2. The monoisotopic (exact) mass is 341 g/mol. The van der Waals surface area contributed by atoms with Gasteiger partial charge in [0.2, 0.25) is 0 Å². The molecule has 138 valence electrons. The van der Waals surface area contributed by atoms with E-state index in [2.05, 4.69) is 6.92 Å². The van der Waals surface area contributed by atoms with Gasteiger partial charge in [-0.1, -0.05) is 69.2 Å². The molecule has 0 aromatic carbocycles. The number of unbranched alkanes of at least 4 members (excludes halogenated alkanes) is 9. The lowest BCUT2D eigenvalue weighted by Gasteiger charge is -2.04. The molecule has 0 amide bonds.